The summed E-state index contributed by atoms with van der Waals surface area (Å²) in [6.45, 7) is 2.68. The molecule has 0 aliphatic carbocycles. The molecule has 0 spiro atoms. The lowest BCUT2D eigenvalue weighted by atomic mass is 10.3. The zero-order chi connectivity index (χ0) is 13.2. The van der Waals surface area contributed by atoms with Crippen molar-refractivity contribution in [1.82, 2.24) is 20.5 Å². The molecular weight excluding hydrogens is 226 g/mol. The fourth-order valence-corrected chi connectivity index (χ4v) is 1.50. The van der Waals surface area contributed by atoms with Gasteiger partial charge in [-0.1, -0.05) is 6.07 Å². The highest BCUT2D eigenvalue weighted by Gasteiger charge is 1.98. The van der Waals surface area contributed by atoms with E-state index in [0.29, 0.717) is 6.54 Å². The third-order valence-electron chi connectivity index (χ3n) is 2.46. The number of hydrogen-bond donors (Lipinski definition) is 2. The second-order valence-corrected chi connectivity index (χ2v) is 4.33. The SMILES string of the molecule is CN=C(NCCCN(C)C)NCc1ccccn1. The molecule has 1 rings (SSSR count). The zero-order valence-electron chi connectivity index (χ0n) is 11.5. The molecule has 2 N–H and O–H groups in total. The number of nitrogens with zero attached hydrogens (tertiary/aromatic N) is 3. The van der Waals surface area contributed by atoms with E-state index in [1.807, 2.05) is 18.2 Å². The summed E-state index contributed by atoms with van der Waals surface area (Å²) >= 11 is 0. The minimum absolute atomic E-state index is 0.689. The Labute approximate surface area is 109 Å². The first kappa shape index (κ1) is 14.4. The van der Waals surface area contributed by atoms with Crippen molar-refractivity contribution >= 4 is 5.96 Å². The maximum Gasteiger partial charge on any atom is 0.191 e. The molecule has 0 radical (unpaired) electrons. The zero-order valence-corrected chi connectivity index (χ0v) is 11.5. The molecule has 0 amide bonds. The van der Waals surface area contributed by atoms with E-state index in [1.54, 1.807) is 13.2 Å². The van der Waals surface area contributed by atoms with Crippen LogP contribution in [0.25, 0.3) is 0 Å². The second kappa shape index (κ2) is 8.47. The lowest BCUT2D eigenvalue weighted by molar-refractivity contribution is 0.399. The highest BCUT2D eigenvalue weighted by atomic mass is 15.2. The van der Waals surface area contributed by atoms with Gasteiger partial charge < -0.3 is 15.5 Å². The third kappa shape index (κ3) is 6.20. The minimum atomic E-state index is 0.689. The van der Waals surface area contributed by atoms with Crippen LogP contribution in [0.3, 0.4) is 0 Å². The highest BCUT2D eigenvalue weighted by molar-refractivity contribution is 5.79. The van der Waals surface area contributed by atoms with Crippen LogP contribution in [0.1, 0.15) is 12.1 Å². The van der Waals surface area contributed by atoms with Crippen molar-refractivity contribution in [3.8, 4) is 0 Å². The Kier molecular flexibility index (Phi) is 6.79. The van der Waals surface area contributed by atoms with Crippen LogP contribution in [0.15, 0.2) is 29.4 Å². The quantitative estimate of drug-likeness (QED) is 0.443. The van der Waals surface area contributed by atoms with E-state index >= 15 is 0 Å². The van der Waals surface area contributed by atoms with Crippen LogP contribution in [-0.4, -0.2) is 50.1 Å². The van der Waals surface area contributed by atoms with Crippen LogP contribution < -0.4 is 10.6 Å². The highest BCUT2D eigenvalue weighted by Crippen LogP contribution is 1.91. The average Bonchev–Trinajstić information content (AvgIpc) is 2.39. The first-order valence-electron chi connectivity index (χ1n) is 6.21. The number of guanidine groups is 1. The molecule has 1 heterocycles. The summed E-state index contributed by atoms with van der Waals surface area (Å²) in [7, 11) is 5.93. The maximum absolute atomic E-state index is 4.25. The van der Waals surface area contributed by atoms with Gasteiger partial charge in [0.2, 0.25) is 0 Å². The number of rotatable bonds is 6. The monoisotopic (exact) mass is 249 g/mol. The predicted octanol–water partition coefficient (Wildman–Crippen LogP) is 0.698. The Balaban J connectivity index is 2.22. The van der Waals surface area contributed by atoms with Crippen molar-refractivity contribution in [1.29, 1.82) is 0 Å². The van der Waals surface area contributed by atoms with Crippen LogP contribution in [0.5, 0.6) is 0 Å². The summed E-state index contributed by atoms with van der Waals surface area (Å²) in [6, 6.07) is 5.89. The van der Waals surface area contributed by atoms with Crippen molar-refractivity contribution in [3.05, 3.63) is 30.1 Å². The summed E-state index contributed by atoms with van der Waals surface area (Å²) in [5.74, 6) is 0.819. The van der Waals surface area contributed by atoms with E-state index in [1.165, 1.54) is 0 Å². The maximum atomic E-state index is 4.25. The topological polar surface area (TPSA) is 52.6 Å². The molecular formula is C13H23N5. The smallest absolute Gasteiger partial charge is 0.191 e. The first-order chi connectivity index (χ1) is 8.72. The third-order valence-corrected chi connectivity index (χ3v) is 2.46. The number of hydrogen-bond acceptors (Lipinski definition) is 3. The van der Waals surface area contributed by atoms with Crippen LogP contribution in [0.2, 0.25) is 0 Å². The van der Waals surface area contributed by atoms with Gasteiger partial charge >= 0.3 is 0 Å². The summed E-state index contributed by atoms with van der Waals surface area (Å²) in [5.41, 5.74) is 1.01. The van der Waals surface area contributed by atoms with Gasteiger partial charge in [-0.15, -0.1) is 0 Å². The molecule has 1 aromatic heterocycles. The molecule has 0 atom stereocenters. The lowest BCUT2D eigenvalue weighted by Crippen LogP contribution is -2.38. The van der Waals surface area contributed by atoms with E-state index in [9.17, 15) is 0 Å². The molecule has 0 aliphatic heterocycles. The molecule has 0 saturated heterocycles. The number of aromatic nitrogens is 1. The molecule has 18 heavy (non-hydrogen) atoms. The van der Waals surface area contributed by atoms with Crippen LogP contribution in [0, 0.1) is 0 Å². The normalized spacial score (nSPS) is 11.7. The Hall–Kier alpha value is -1.62. The molecule has 1 aromatic rings. The van der Waals surface area contributed by atoms with Crippen LogP contribution in [-0.2, 0) is 6.54 Å². The lowest BCUT2D eigenvalue weighted by Gasteiger charge is -2.13. The molecule has 0 unspecified atom stereocenters. The van der Waals surface area contributed by atoms with E-state index in [0.717, 1.165) is 31.2 Å². The van der Waals surface area contributed by atoms with Gasteiger partial charge in [0.15, 0.2) is 5.96 Å². The van der Waals surface area contributed by atoms with Crippen LogP contribution in [0.4, 0.5) is 0 Å². The molecule has 5 nitrogen and oxygen atoms in total. The Morgan fingerprint density at radius 2 is 2.17 bits per heavy atom. The largest absolute Gasteiger partial charge is 0.356 e. The van der Waals surface area contributed by atoms with E-state index in [4.69, 9.17) is 0 Å². The van der Waals surface area contributed by atoms with Crippen molar-refractivity contribution < 1.29 is 0 Å². The van der Waals surface area contributed by atoms with Crippen molar-refractivity contribution in [2.24, 2.45) is 4.99 Å². The molecule has 0 bridgehead atoms. The standard InChI is InChI=1S/C13H23N5/c1-14-13(16-9-6-10-18(2)3)17-11-12-7-4-5-8-15-12/h4-5,7-8H,6,9-11H2,1-3H3,(H2,14,16,17). The van der Waals surface area contributed by atoms with E-state index < -0.39 is 0 Å². The summed E-state index contributed by atoms with van der Waals surface area (Å²) in [5, 5.41) is 6.52. The first-order valence-corrected chi connectivity index (χ1v) is 6.21. The van der Waals surface area contributed by atoms with Crippen molar-refractivity contribution in [2.75, 3.05) is 34.2 Å². The molecule has 5 heteroatoms. The second-order valence-electron chi connectivity index (χ2n) is 4.33. The van der Waals surface area contributed by atoms with Gasteiger partial charge in [0.25, 0.3) is 0 Å². The van der Waals surface area contributed by atoms with Gasteiger partial charge in [0.05, 0.1) is 12.2 Å². The summed E-state index contributed by atoms with van der Waals surface area (Å²) < 4.78 is 0. The Morgan fingerprint density at radius 1 is 1.33 bits per heavy atom. The number of pyridine rings is 1. The van der Waals surface area contributed by atoms with E-state index in [-0.39, 0.29) is 0 Å². The fraction of sp³-hybridized carbons (Fsp3) is 0.538. The van der Waals surface area contributed by atoms with Crippen LogP contribution >= 0.6 is 0 Å². The van der Waals surface area contributed by atoms with Gasteiger partial charge in [-0.05, 0) is 39.2 Å². The fourth-order valence-electron chi connectivity index (χ4n) is 1.50. The number of nitrogens with one attached hydrogen (secondary N) is 2. The van der Waals surface area contributed by atoms with Gasteiger partial charge in [0, 0.05) is 19.8 Å². The molecule has 0 aromatic carbocycles. The van der Waals surface area contributed by atoms with Crippen molar-refractivity contribution in [2.45, 2.75) is 13.0 Å². The van der Waals surface area contributed by atoms with Crippen molar-refractivity contribution in [3.63, 3.8) is 0 Å². The average molecular weight is 249 g/mol. The van der Waals surface area contributed by atoms with Gasteiger partial charge in [-0.2, -0.15) is 0 Å². The molecule has 0 aliphatic rings. The Bertz CT molecular complexity index is 348. The van der Waals surface area contributed by atoms with Gasteiger partial charge in [-0.3, -0.25) is 9.98 Å². The predicted molar refractivity (Wildman–Crippen MR) is 75.6 cm³/mol. The van der Waals surface area contributed by atoms with E-state index in [2.05, 4.69) is 39.6 Å². The molecule has 0 saturated carbocycles. The minimum Gasteiger partial charge on any atom is -0.356 e. The molecule has 100 valence electrons. The van der Waals surface area contributed by atoms with Gasteiger partial charge in [0.1, 0.15) is 0 Å². The number of aliphatic imine (C=N–C) groups is 1. The molecule has 0 fully saturated rings. The summed E-state index contributed by atoms with van der Waals surface area (Å²) in [4.78, 5) is 10.6. The summed E-state index contributed by atoms with van der Waals surface area (Å²) in [6.07, 6.45) is 2.89. The van der Waals surface area contributed by atoms with Gasteiger partial charge in [-0.25, -0.2) is 0 Å². The Morgan fingerprint density at radius 3 is 2.78 bits per heavy atom.